The summed E-state index contributed by atoms with van der Waals surface area (Å²) in [5, 5.41) is 8.20. The molecule has 2 atom stereocenters. The zero-order chi connectivity index (χ0) is 12.0. The Hall–Kier alpha value is -1.10. The third kappa shape index (κ3) is 5.37. The minimum Gasteiger partial charge on any atom is -0.358 e. The fraction of sp³-hybridized carbons (Fsp3) is 0.800. The molecule has 5 heteroatoms. The largest absolute Gasteiger partial charge is 0.358 e. The molecule has 0 saturated heterocycles. The van der Waals surface area contributed by atoms with Gasteiger partial charge in [-0.2, -0.15) is 0 Å². The van der Waals surface area contributed by atoms with Gasteiger partial charge < -0.3 is 10.6 Å². The molecule has 0 aromatic rings. The summed E-state index contributed by atoms with van der Waals surface area (Å²) < 4.78 is 0. The van der Waals surface area contributed by atoms with Gasteiger partial charge in [0.05, 0.1) is 12.1 Å². The molecule has 2 amide bonds. The maximum atomic E-state index is 11.5. The number of rotatable bonds is 5. The fourth-order valence-electron chi connectivity index (χ4n) is 1.15. The Balaban J connectivity index is 4.06. The maximum Gasteiger partial charge on any atom is 0.237 e. The average Bonchev–Trinajstić information content (AvgIpc) is 2.15. The first-order valence-electron chi connectivity index (χ1n) is 5.16. The minimum absolute atomic E-state index is 0.0965. The van der Waals surface area contributed by atoms with Crippen LogP contribution in [0.25, 0.3) is 0 Å². The molecule has 88 valence electrons. The number of carbonyl (C=O) groups is 2. The monoisotopic (exact) mass is 215 g/mol. The van der Waals surface area contributed by atoms with Crippen molar-refractivity contribution in [1.29, 1.82) is 0 Å². The summed E-state index contributed by atoms with van der Waals surface area (Å²) in [5.74, 6) is -0.222. The third-order valence-electron chi connectivity index (χ3n) is 1.96. The highest BCUT2D eigenvalue weighted by Crippen LogP contribution is 1.89. The van der Waals surface area contributed by atoms with E-state index in [4.69, 9.17) is 0 Å². The molecule has 0 bridgehead atoms. The number of nitrogens with one attached hydrogen (secondary N) is 3. The van der Waals surface area contributed by atoms with Crippen molar-refractivity contribution in [2.75, 3.05) is 7.05 Å². The molecule has 0 aliphatic carbocycles. The first-order chi connectivity index (χ1) is 6.88. The van der Waals surface area contributed by atoms with Crippen LogP contribution in [-0.2, 0) is 9.59 Å². The van der Waals surface area contributed by atoms with Crippen molar-refractivity contribution >= 4 is 11.8 Å². The van der Waals surface area contributed by atoms with Crippen molar-refractivity contribution in [3.63, 3.8) is 0 Å². The molecule has 0 rings (SSSR count). The quantitative estimate of drug-likeness (QED) is 0.585. The summed E-state index contributed by atoms with van der Waals surface area (Å²) in [7, 11) is 1.57. The topological polar surface area (TPSA) is 70.2 Å². The van der Waals surface area contributed by atoms with Crippen molar-refractivity contribution in [3.05, 3.63) is 0 Å². The van der Waals surface area contributed by atoms with E-state index >= 15 is 0 Å². The van der Waals surface area contributed by atoms with Gasteiger partial charge in [0.1, 0.15) is 0 Å². The molecule has 0 fully saturated rings. The summed E-state index contributed by atoms with van der Waals surface area (Å²) in [6.07, 6.45) is 0. The molecule has 2 unspecified atom stereocenters. The van der Waals surface area contributed by atoms with E-state index in [1.807, 2.05) is 13.8 Å². The second-order valence-electron chi connectivity index (χ2n) is 3.89. The highest BCUT2D eigenvalue weighted by Gasteiger charge is 2.18. The van der Waals surface area contributed by atoms with Crippen LogP contribution < -0.4 is 16.0 Å². The highest BCUT2D eigenvalue weighted by molar-refractivity contribution is 5.84. The number of likely N-dealkylation sites (N-methyl/N-ethyl adjacent to an activating group) is 1. The lowest BCUT2D eigenvalue weighted by molar-refractivity contribution is -0.125. The molecule has 0 aliphatic heterocycles. The van der Waals surface area contributed by atoms with Crippen molar-refractivity contribution in [2.24, 2.45) is 0 Å². The SMILES string of the molecule is CNC(=O)C(C)NC(C)C(=O)NC(C)C. The predicted molar refractivity (Wildman–Crippen MR) is 59.4 cm³/mol. The Morgan fingerprint density at radius 3 is 1.80 bits per heavy atom. The normalized spacial score (nSPS) is 14.5. The van der Waals surface area contributed by atoms with Crippen LogP contribution >= 0.6 is 0 Å². The standard InChI is InChI=1S/C10H21N3O2/c1-6(2)12-10(15)8(4)13-7(3)9(14)11-5/h6-8,13H,1-5H3,(H,11,14)(H,12,15). The van der Waals surface area contributed by atoms with Crippen molar-refractivity contribution in [2.45, 2.75) is 45.8 Å². The highest BCUT2D eigenvalue weighted by atomic mass is 16.2. The van der Waals surface area contributed by atoms with Crippen LogP contribution in [0.1, 0.15) is 27.7 Å². The Morgan fingerprint density at radius 1 is 0.933 bits per heavy atom. The number of hydrogen-bond acceptors (Lipinski definition) is 3. The van der Waals surface area contributed by atoms with Crippen LogP contribution in [0.5, 0.6) is 0 Å². The van der Waals surface area contributed by atoms with Crippen LogP contribution in [-0.4, -0.2) is 37.0 Å². The number of amides is 2. The average molecular weight is 215 g/mol. The summed E-state index contributed by atoms with van der Waals surface area (Å²) >= 11 is 0. The van der Waals surface area contributed by atoms with Gasteiger partial charge in [0.2, 0.25) is 11.8 Å². The van der Waals surface area contributed by atoms with E-state index in [1.165, 1.54) is 0 Å². The van der Waals surface area contributed by atoms with E-state index < -0.39 is 0 Å². The van der Waals surface area contributed by atoms with Crippen LogP contribution in [0.15, 0.2) is 0 Å². The van der Waals surface area contributed by atoms with Gasteiger partial charge in [0, 0.05) is 13.1 Å². The Kier molecular flexibility index (Phi) is 5.93. The van der Waals surface area contributed by atoms with Crippen molar-refractivity contribution < 1.29 is 9.59 Å². The molecule has 0 aliphatic rings. The van der Waals surface area contributed by atoms with Crippen molar-refractivity contribution in [3.8, 4) is 0 Å². The Bertz CT molecular complexity index is 229. The lowest BCUT2D eigenvalue weighted by Gasteiger charge is -2.19. The number of carbonyl (C=O) groups excluding carboxylic acids is 2. The van der Waals surface area contributed by atoms with Gasteiger partial charge in [-0.05, 0) is 27.7 Å². The molecule has 0 aromatic carbocycles. The minimum atomic E-state index is -0.375. The van der Waals surface area contributed by atoms with Gasteiger partial charge in [-0.3, -0.25) is 14.9 Å². The molecule has 0 spiro atoms. The summed E-state index contributed by atoms with van der Waals surface area (Å²) in [6, 6.07) is -0.639. The van der Waals surface area contributed by atoms with E-state index in [0.29, 0.717) is 0 Å². The maximum absolute atomic E-state index is 11.5. The first-order valence-corrected chi connectivity index (χ1v) is 5.16. The molecule has 5 nitrogen and oxygen atoms in total. The lowest BCUT2D eigenvalue weighted by Crippen LogP contribution is -2.51. The van der Waals surface area contributed by atoms with Crippen LogP contribution in [0, 0.1) is 0 Å². The summed E-state index contributed by atoms with van der Waals surface area (Å²) in [6.45, 7) is 7.24. The third-order valence-corrected chi connectivity index (χ3v) is 1.96. The summed E-state index contributed by atoms with van der Waals surface area (Å²) in [4.78, 5) is 22.7. The van der Waals surface area contributed by atoms with E-state index in [2.05, 4.69) is 16.0 Å². The second kappa shape index (κ2) is 6.40. The molecule has 0 radical (unpaired) electrons. The van der Waals surface area contributed by atoms with Gasteiger partial charge in [0.15, 0.2) is 0 Å². The van der Waals surface area contributed by atoms with E-state index in [1.54, 1.807) is 20.9 Å². The lowest BCUT2D eigenvalue weighted by atomic mass is 10.2. The van der Waals surface area contributed by atoms with Crippen LogP contribution in [0.4, 0.5) is 0 Å². The summed E-state index contributed by atoms with van der Waals surface area (Å²) in [5.41, 5.74) is 0. The molecule has 0 heterocycles. The van der Waals surface area contributed by atoms with Crippen molar-refractivity contribution in [1.82, 2.24) is 16.0 Å². The Morgan fingerprint density at radius 2 is 1.40 bits per heavy atom. The second-order valence-corrected chi connectivity index (χ2v) is 3.89. The fourth-order valence-corrected chi connectivity index (χ4v) is 1.15. The predicted octanol–water partition coefficient (Wildman–Crippen LogP) is -0.376. The molecular formula is C10H21N3O2. The molecular weight excluding hydrogens is 194 g/mol. The van der Waals surface area contributed by atoms with E-state index in [0.717, 1.165) is 0 Å². The number of hydrogen-bond donors (Lipinski definition) is 3. The van der Waals surface area contributed by atoms with Gasteiger partial charge >= 0.3 is 0 Å². The van der Waals surface area contributed by atoms with Crippen LogP contribution in [0.3, 0.4) is 0 Å². The zero-order valence-corrected chi connectivity index (χ0v) is 10.0. The van der Waals surface area contributed by atoms with E-state index in [9.17, 15) is 9.59 Å². The molecule has 15 heavy (non-hydrogen) atoms. The van der Waals surface area contributed by atoms with Gasteiger partial charge in [-0.15, -0.1) is 0 Å². The van der Waals surface area contributed by atoms with Gasteiger partial charge in [-0.1, -0.05) is 0 Å². The van der Waals surface area contributed by atoms with Crippen LogP contribution in [0.2, 0.25) is 0 Å². The molecule has 3 N–H and O–H groups in total. The van der Waals surface area contributed by atoms with E-state index in [-0.39, 0.29) is 29.9 Å². The molecule has 0 saturated carbocycles. The zero-order valence-electron chi connectivity index (χ0n) is 10.0. The molecule has 0 aromatic heterocycles. The smallest absolute Gasteiger partial charge is 0.237 e. The van der Waals surface area contributed by atoms with Gasteiger partial charge in [0.25, 0.3) is 0 Å². The first kappa shape index (κ1) is 13.9. The van der Waals surface area contributed by atoms with Gasteiger partial charge in [-0.25, -0.2) is 0 Å². The Labute approximate surface area is 91.0 Å².